The van der Waals surface area contributed by atoms with Crippen LogP contribution in [0.3, 0.4) is 0 Å². The summed E-state index contributed by atoms with van der Waals surface area (Å²) in [6.45, 7) is 1.46. The number of allylic oxidation sites excluding steroid dienone is 1. The Balaban J connectivity index is 2.54. The number of fused-ring (bicyclic) bond motifs is 1. The maximum atomic E-state index is 10.5. The number of aromatic nitrogens is 2. The number of rotatable bonds is 2. The molecule has 0 fully saturated rings. The van der Waals surface area contributed by atoms with Gasteiger partial charge in [-0.1, -0.05) is 6.07 Å². The zero-order chi connectivity index (χ0) is 10.8. The summed E-state index contributed by atoms with van der Waals surface area (Å²) in [5, 5.41) is 10.5. The molecular weight excluding hydrogens is 194 g/mol. The maximum Gasteiger partial charge on any atom is 0.245 e. The molecule has 76 valence electrons. The molecule has 2 heterocycles. The van der Waals surface area contributed by atoms with Crippen molar-refractivity contribution in [2.45, 2.75) is 6.92 Å². The van der Waals surface area contributed by atoms with Gasteiger partial charge in [0.15, 0.2) is 0 Å². The Morgan fingerprint density at radius 1 is 1.60 bits per heavy atom. The zero-order valence-electron chi connectivity index (χ0n) is 8.12. The van der Waals surface area contributed by atoms with Crippen LogP contribution in [0.1, 0.15) is 12.6 Å². The number of nitrogens with zero attached hydrogens (tertiary/aromatic N) is 3. The average Bonchev–Trinajstić information content (AvgIpc) is 2.62. The van der Waals surface area contributed by atoms with Gasteiger partial charge in [0.05, 0.1) is 16.8 Å². The molecule has 0 aliphatic rings. The van der Waals surface area contributed by atoms with E-state index < -0.39 is 4.92 Å². The molecular formula is C10H9N3O2. The van der Waals surface area contributed by atoms with Crippen LogP contribution in [0.25, 0.3) is 11.7 Å². The normalized spacial score (nSPS) is 11.9. The van der Waals surface area contributed by atoms with Crippen molar-refractivity contribution in [2.75, 3.05) is 0 Å². The van der Waals surface area contributed by atoms with Crippen LogP contribution in [0, 0.1) is 10.1 Å². The lowest BCUT2D eigenvalue weighted by Crippen LogP contribution is -1.94. The highest BCUT2D eigenvalue weighted by atomic mass is 16.6. The summed E-state index contributed by atoms with van der Waals surface area (Å²) in [7, 11) is 0. The van der Waals surface area contributed by atoms with Crippen molar-refractivity contribution in [3.8, 4) is 0 Å². The number of hydrogen-bond acceptors (Lipinski definition) is 3. The lowest BCUT2D eigenvalue weighted by atomic mass is 10.3. The fourth-order valence-electron chi connectivity index (χ4n) is 1.33. The van der Waals surface area contributed by atoms with Crippen LogP contribution in [0.5, 0.6) is 0 Å². The van der Waals surface area contributed by atoms with Gasteiger partial charge in [0.25, 0.3) is 0 Å². The van der Waals surface area contributed by atoms with Crippen LogP contribution in [0.15, 0.2) is 36.3 Å². The standard InChI is InChI=1S/C10H9N3O2/c1-8(13(14)15)6-9-7-11-10-4-2-3-5-12(9)10/h2-7H,1H3/b8-6-. The van der Waals surface area contributed by atoms with Gasteiger partial charge in [0.2, 0.25) is 5.70 Å². The maximum absolute atomic E-state index is 10.5. The van der Waals surface area contributed by atoms with Crippen LogP contribution >= 0.6 is 0 Å². The van der Waals surface area contributed by atoms with Gasteiger partial charge in [0.1, 0.15) is 5.65 Å². The van der Waals surface area contributed by atoms with Crippen LogP contribution < -0.4 is 0 Å². The molecule has 15 heavy (non-hydrogen) atoms. The Morgan fingerprint density at radius 2 is 2.40 bits per heavy atom. The second-order valence-electron chi connectivity index (χ2n) is 3.15. The molecule has 0 aromatic carbocycles. The Kier molecular flexibility index (Phi) is 2.21. The topological polar surface area (TPSA) is 60.4 Å². The third-order valence-corrected chi connectivity index (χ3v) is 2.09. The second-order valence-corrected chi connectivity index (χ2v) is 3.15. The first-order valence-corrected chi connectivity index (χ1v) is 4.43. The minimum atomic E-state index is -0.414. The molecule has 5 heteroatoms. The van der Waals surface area contributed by atoms with Gasteiger partial charge in [-0.3, -0.25) is 10.1 Å². The van der Waals surface area contributed by atoms with Gasteiger partial charge >= 0.3 is 0 Å². The van der Waals surface area contributed by atoms with E-state index in [2.05, 4.69) is 4.98 Å². The van der Waals surface area contributed by atoms with Crippen LogP contribution in [0.4, 0.5) is 0 Å². The Morgan fingerprint density at radius 3 is 3.13 bits per heavy atom. The summed E-state index contributed by atoms with van der Waals surface area (Å²) >= 11 is 0. The zero-order valence-corrected chi connectivity index (χ0v) is 8.12. The van der Waals surface area contributed by atoms with Gasteiger partial charge in [-0.25, -0.2) is 4.98 Å². The van der Waals surface area contributed by atoms with Crippen molar-refractivity contribution >= 4 is 11.7 Å². The van der Waals surface area contributed by atoms with Crippen LogP contribution in [0.2, 0.25) is 0 Å². The molecule has 0 saturated carbocycles. The first kappa shape index (κ1) is 9.39. The van der Waals surface area contributed by atoms with Gasteiger partial charge < -0.3 is 4.40 Å². The van der Waals surface area contributed by atoms with E-state index in [0.29, 0.717) is 5.69 Å². The van der Waals surface area contributed by atoms with Crippen molar-refractivity contribution in [3.05, 3.63) is 52.1 Å². The Hall–Kier alpha value is -2.17. The highest BCUT2D eigenvalue weighted by Crippen LogP contribution is 2.10. The summed E-state index contributed by atoms with van der Waals surface area (Å²) in [4.78, 5) is 14.2. The van der Waals surface area contributed by atoms with Gasteiger partial charge in [0, 0.05) is 19.2 Å². The van der Waals surface area contributed by atoms with E-state index in [0.717, 1.165) is 5.65 Å². The first-order valence-electron chi connectivity index (χ1n) is 4.43. The fourth-order valence-corrected chi connectivity index (χ4v) is 1.33. The molecule has 0 saturated heterocycles. The molecule has 0 spiro atoms. The second kappa shape index (κ2) is 3.53. The Labute approximate surface area is 85.8 Å². The molecule has 2 rings (SSSR count). The smallest absolute Gasteiger partial charge is 0.245 e. The lowest BCUT2D eigenvalue weighted by Gasteiger charge is -1.94. The third kappa shape index (κ3) is 1.71. The predicted octanol–water partition coefficient (Wildman–Crippen LogP) is 1.97. The predicted molar refractivity (Wildman–Crippen MR) is 55.8 cm³/mol. The molecule has 0 aliphatic carbocycles. The molecule has 0 amide bonds. The molecule has 0 unspecified atom stereocenters. The van der Waals surface area contributed by atoms with Crippen molar-refractivity contribution in [1.29, 1.82) is 0 Å². The first-order chi connectivity index (χ1) is 7.18. The van der Waals surface area contributed by atoms with Crippen molar-refractivity contribution < 1.29 is 4.92 Å². The van der Waals surface area contributed by atoms with E-state index >= 15 is 0 Å². The van der Waals surface area contributed by atoms with E-state index in [-0.39, 0.29) is 5.70 Å². The summed E-state index contributed by atoms with van der Waals surface area (Å²) in [6, 6.07) is 5.57. The van der Waals surface area contributed by atoms with E-state index in [9.17, 15) is 10.1 Å². The van der Waals surface area contributed by atoms with Crippen molar-refractivity contribution in [3.63, 3.8) is 0 Å². The highest BCUT2D eigenvalue weighted by molar-refractivity contribution is 5.53. The summed E-state index contributed by atoms with van der Waals surface area (Å²) in [5.41, 5.74) is 1.58. The molecule has 0 radical (unpaired) electrons. The van der Waals surface area contributed by atoms with E-state index in [1.165, 1.54) is 13.0 Å². The SMILES string of the molecule is C/C(=C/c1cnc2ccccn12)[N+](=O)[O-]. The molecule has 2 aromatic rings. The molecule has 0 bridgehead atoms. The minimum Gasteiger partial charge on any atom is -0.300 e. The van der Waals surface area contributed by atoms with Crippen LogP contribution in [-0.2, 0) is 0 Å². The molecule has 0 atom stereocenters. The summed E-state index contributed by atoms with van der Waals surface area (Å²) in [5.74, 6) is 0. The highest BCUT2D eigenvalue weighted by Gasteiger charge is 2.05. The minimum absolute atomic E-state index is 0.0978. The lowest BCUT2D eigenvalue weighted by molar-refractivity contribution is -0.422. The fraction of sp³-hybridized carbons (Fsp3) is 0.100. The summed E-state index contributed by atoms with van der Waals surface area (Å²) in [6.07, 6.45) is 4.93. The van der Waals surface area contributed by atoms with E-state index in [1.54, 1.807) is 10.6 Å². The monoisotopic (exact) mass is 203 g/mol. The van der Waals surface area contributed by atoms with Gasteiger partial charge in [-0.15, -0.1) is 0 Å². The number of imidazole rings is 1. The molecule has 0 aliphatic heterocycles. The van der Waals surface area contributed by atoms with Crippen molar-refractivity contribution in [1.82, 2.24) is 9.38 Å². The van der Waals surface area contributed by atoms with E-state index in [1.807, 2.05) is 24.4 Å². The van der Waals surface area contributed by atoms with Gasteiger partial charge in [-0.2, -0.15) is 0 Å². The number of nitro groups is 1. The summed E-state index contributed by atoms with van der Waals surface area (Å²) < 4.78 is 1.80. The molecule has 2 aromatic heterocycles. The quantitative estimate of drug-likeness (QED) is 0.553. The largest absolute Gasteiger partial charge is 0.300 e. The number of pyridine rings is 1. The third-order valence-electron chi connectivity index (χ3n) is 2.09. The van der Waals surface area contributed by atoms with Gasteiger partial charge in [-0.05, 0) is 12.1 Å². The van der Waals surface area contributed by atoms with Crippen molar-refractivity contribution in [2.24, 2.45) is 0 Å². The molecule has 0 N–H and O–H groups in total. The number of hydrogen-bond donors (Lipinski definition) is 0. The molecule has 5 nitrogen and oxygen atoms in total. The Bertz CT molecular complexity index is 542. The van der Waals surface area contributed by atoms with E-state index in [4.69, 9.17) is 0 Å². The average molecular weight is 203 g/mol. The van der Waals surface area contributed by atoms with Crippen LogP contribution in [-0.4, -0.2) is 14.3 Å².